The molecule has 2 atom stereocenters. The van der Waals surface area contributed by atoms with Crippen LogP contribution in [0, 0.1) is 12.8 Å². The van der Waals surface area contributed by atoms with Crippen LogP contribution in [0.3, 0.4) is 0 Å². The number of aliphatic hydroxyl groups excluding tert-OH is 1. The molecule has 2 aromatic heterocycles. The van der Waals surface area contributed by atoms with Gasteiger partial charge in [-0.1, -0.05) is 6.07 Å². The quantitative estimate of drug-likeness (QED) is 0.186. The predicted octanol–water partition coefficient (Wildman–Crippen LogP) is 3.48. The molecule has 10 nitrogen and oxygen atoms in total. The normalized spacial score (nSPS) is 19.9. The molecule has 5 rings (SSSR count). The van der Waals surface area contributed by atoms with Crippen LogP contribution in [0.2, 0.25) is 0 Å². The number of aryl methyl sites for hydroxylation is 1. The van der Waals surface area contributed by atoms with Crippen LogP contribution >= 0.6 is 0 Å². The summed E-state index contributed by atoms with van der Waals surface area (Å²) in [5, 5.41) is 17.4. The zero-order valence-corrected chi connectivity index (χ0v) is 21.8. The zero-order chi connectivity index (χ0) is 28.6. The van der Waals surface area contributed by atoms with Gasteiger partial charge in [0.25, 0.3) is 18.2 Å². The van der Waals surface area contributed by atoms with Crippen LogP contribution in [0.25, 0.3) is 11.3 Å². The number of amides is 2. The molecule has 0 radical (unpaired) electrons. The third kappa shape index (κ3) is 5.24. The van der Waals surface area contributed by atoms with Crippen LogP contribution in [0.5, 0.6) is 0 Å². The van der Waals surface area contributed by atoms with Gasteiger partial charge in [-0.15, -0.1) is 0 Å². The maximum absolute atomic E-state index is 13.7. The Kier molecular flexibility index (Phi) is 7.72. The monoisotopic (exact) mass is 552 g/mol. The van der Waals surface area contributed by atoms with Crippen molar-refractivity contribution in [2.24, 2.45) is 11.7 Å². The standard InChI is InChI=1S/C28H30F2N6O4/c1-15-4-2-5-22(33-15)21-14-35(34-24(21)25(29)30)18-10-16(11-18)13-32-17-7-8-19-20(12-17)28(40)36(27(19)39)23(26(31)38)6-3-9-37/h2,4-5,7-9,12,14,16,18,23,25-26,32,38H,3,6,10-11,13,31H2,1H3/t16-,18-,23?,26?. The molecule has 2 aliphatic rings. The number of imide groups is 1. The van der Waals surface area contributed by atoms with Crippen molar-refractivity contribution in [3.63, 3.8) is 0 Å². The molecule has 12 heteroatoms. The van der Waals surface area contributed by atoms with Crippen molar-refractivity contribution >= 4 is 23.8 Å². The number of aromatic nitrogens is 3. The highest BCUT2D eigenvalue weighted by molar-refractivity contribution is 6.22. The molecule has 1 aromatic carbocycles. The van der Waals surface area contributed by atoms with Crippen LogP contribution in [-0.2, 0) is 4.79 Å². The lowest BCUT2D eigenvalue weighted by Crippen LogP contribution is -2.50. The van der Waals surface area contributed by atoms with E-state index in [-0.39, 0.29) is 41.6 Å². The Morgan fingerprint density at radius 1 is 1.15 bits per heavy atom. The van der Waals surface area contributed by atoms with Crippen molar-refractivity contribution in [2.45, 2.75) is 57.3 Å². The predicted molar refractivity (Wildman–Crippen MR) is 142 cm³/mol. The fourth-order valence-corrected chi connectivity index (χ4v) is 5.35. The van der Waals surface area contributed by atoms with Gasteiger partial charge in [0, 0.05) is 36.1 Å². The van der Waals surface area contributed by atoms with Gasteiger partial charge in [-0.3, -0.25) is 24.2 Å². The molecule has 4 N–H and O–H groups in total. The fraction of sp³-hybridized carbons (Fsp3) is 0.393. The second-order valence-corrected chi connectivity index (χ2v) is 10.3. The molecule has 3 aromatic rings. The van der Waals surface area contributed by atoms with Gasteiger partial charge in [0.05, 0.1) is 28.9 Å². The molecular formula is C28H30F2N6O4. The molecule has 1 aliphatic heterocycles. The van der Waals surface area contributed by atoms with E-state index < -0.39 is 30.5 Å². The molecule has 0 spiro atoms. The van der Waals surface area contributed by atoms with Crippen LogP contribution in [0.4, 0.5) is 14.5 Å². The Balaban J connectivity index is 1.21. The summed E-state index contributed by atoms with van der Waals surface area (Å²) < 4.78 is 29.0. The summed E-state index contributed by atoms with van der Waals surface area (Å²) >= 11 is 0. The van der Waals surface area contributed by atoms with E-state index in [0.29, 0.717) is 29.8 Å². The van der Waals surface area contributed by atoms with Crippen molar-refractivity contribution in [2.75, 3.05) is 11.9 Å². The number of aliphatic hydroxyl groups is 1. The Morgan fingerprint density at radius 2 is 1.90 bits per heavy atom. The number of nitrogens with zero attached hydrogens (tertiary/aromatic N) is 4. The van der Waals surface area contributed by atoms with Crippen molar-refractivity contribution in [3.8, 4) is 11.3 Å². The number of halogens is 2. The SMILES string of the molecule is Cc1cccc(-c2cn([C@H]3C[C@H](CNc4ccc5c(c4)C(=O)N(C(CCC=O)C(N)O)C5=O)C3)nc2C(F)F)n1. The van der Waals surface area contributed by atoms with E-state index in [1.165, 1.54) is 0 Å². The third-order valence-corrected chi connectivity index (χ3v) is 7.54. The summed E-state index contributed by atoms with van der Waals surface area (Å²) in [5.41, 5.74) is 7.92. The molecule has 2 amide bonds. The zero-order valence-electron chi connectivity index (χ0n) is 21.8. The number of aldehydes is 1. The first-order valence-electron chi connectivity index (χ1n) is 13.1. The van der Waals surface area contributed by atoms with E-state index in [1.807, 2.05) is 13.0 Å². The summed E-state index contributed by atoms with van der Waals surface area (Å²) in [4.78, 5) is 42.0. The van der Waals surface area contributed by atoms with Gasteiger partial charge in [0.15, 0.2) is 0 Å². The van der Waals surface area contributed by atoms with E-state index >= 15 is 0 Å². The highest BCUT2D eigenvalue weighted by Gasteiger charge is 2.42. The summed E-state index contributed by atoms with van der Waals surface area (Å²) in [6.07, 6.45) is -0.302. The van der Waals surface area contributed by atoms with E-state index in [2.05, 4.69) is 15.4 Å². The van der Waals surface area contributed by atoms with Gasteiger partial charge in [0.1, 0.15) is 18.2 Å². The molecule has 1 aliphatic carbocycles. The van der Waals surface area contributed by atoms with E-state index in [9.17, 15) is 28.3 Å². The largest absolute Gasteiger partial charge is 0.385 e. The first-order valence-corrected chi connectivity index (χ1v) is 13.1. The number of fused-ring (bicyclic) bond motifs is 1. The van der Waals surface area contributed by atoms with E-state index in [4.69, 9.17) is 5.73 Å². The Labute approximate surface area is 229 Å². The fourth-order valence-electron chi connectivity index (χ4n) is 5.35. The average Bonchev–Trinajstić information content (AvgIpc) is 3.44. The smallest absolute Gasteiger partial charge is 0.282 e. The number of alkyl halides is 2. The molecular weight excluding hydrogens is 522 g/mol. The first-order chi connectivity index (χ1) is 19.2. The Bertz CT molecular complexity index is 1440. The average molecular weight is 553 g/mol. The second kappa shape index (κ2) is 11.2. The summed E-state index contributed by atoms with van der Waals surface area (Å²) in [7, 11) is 0. The van der Waals surface area contributed by atoms with Gasteiger partial charge in [-0.25, -0.2) is 8.78 Å². The number of benzene rings is 1. The maximum Gasteiger partial charge on any atom is 0.282 e. The molecule has 1 saturated carbocycles. The number of carbonyl (C=O) groups is 3. The number of pyridine rings is 1. The van der Waals surface area contributed by atoms with Crippen molar-refractivity contribution < 1.29 is 28.3 Å². The minimum Gasteiger partial charge on any atom is -0.385 e. The topological polar surface area (TPSA) is 143 Å². The molecule has 40 heavy (non-hydrogen) atoms. The van der Waals surface area contributed by atoms with Crippen LogP contribution in [0.1, 0.15) is 70.3 Å². The number of anilines is 1. The van der Waals surface area contributed by atoms with Crippen molar-refractivity contribution in [1.82, 2.24) is 19.7 Å². The van der Waals surface area contributed by atoms with Gasteiger partial charge >= 0.3 is 0 Å². The number of nitrogens with two attached hydrogens (primary N) is 1. The van der Waals surface area contributed by atoms with Crippen LogP contribution < -0.4 is 11.1 Å². The summed E-state index contributed by atoms with van der Waals surface area (Å²) in [6, 6.07) is 9.12. The third-order valence-electron chi connectivity index (χ3n) is 7.54. The number of rotatable bonds is 11. The molecule has 0 saturated heterocycles. The van der Waals surface area contributed by atoms with Gasteiger partial charge in [-0.05, 0) is 62.4 Å². The number of hydrogen-bond donors (Lipinski definition) is 3. The number of hydrogen-bond acceptors (Lipinski definition) is 8. The van der Waals surface area contributed by atoms with Crippen LogP contribution in [0.15, 0.2) is 42.6 Å². The lowest BCUT2D eigenvalue weighted by molar-refractivity contribution is -0.108. The van der Waals surface area contributed by atoms with Gasteiger partial charge in [0.2, 0.25) is 0 Å². The molecule has 210 valence electrons. The van der Waals surface area contributed by atoms with Gasteiger partial charge in [-0.2, -0.15) is 5.10 Å². The lowest BCUT2D eigenvalue weighted by Gasteiger charge is -2.35. The second-order valence-electron chi connectivity index (χ2n) is 10.3. The number of carbonyl (C=O) groups excluding carboxylic acids is 3. The molecule has 2 unspecified atom stereocenters. The lowest BCUT2D eigenvalue weighted by atomic mass is 9.80. The van der Waals surface area contributed by atoms with E-state index in [1.54, 1.807) is 41.2 Å². The Morgan fingerprint density at radius 3 is 2.58 bits per heavy atom. The highest BCUT2D eigenvalue weighted by atomic mass is 19.3. The molecule has 1 fully saturated rings. The van der Waals surface area contributed by atoms with Gasteiger partial charge < -0.3 is 21.0 Å². The highest BCUT2D eigenvalue weighted by Crippen LogP contribution is 2.40. The summed E-state index contributed by atoms with van der Waals surface area (Å²) in [5.74, 6) is -0.872. The van der Waals surface area contributed by atoms with Crippen molar-refractivity contribution in [1.29, 1.82) is 0 Å². The minimum absolute atomic E-state index is 0.0124. The molecule has 3 heterocycles. The first kappa shape index (κ1) is 27.5. The molecule has 0 bridgehead atoms. The Hall–Kier alpha value is -4.03. The van der Waals surface area contributed by atoms with Crippen molar-refractivity contribution in [3.05, 3.63) is 65.1 Å². The minimum atomic E-state index is -2.71. The maximum atomic E-state index is 13.7. The van der Waals surface area contributed by atoms with Crippen LogP contribution in [-0.4, -0.2) is 61.7 Å². The van der Waals surface area contributed by atoms with E-state index in [0.717, 1.165) is 23.4 Å². The summed E-state index contributed by atoms with van der Waals surface area (Å²) in [6.45, 7) is 2.39. The number of nitrogens with one attached hydrogen (secondary N) is 1.